The molecule has 96 valence electrons. The minimum absolute atomic E-state index is 0.588. The van der Waals surface area contributed by atoms with Crippen molar-refractivity contribution >= 4 is 0 Å². The van der Waals surface area contributed by atoms with E-state index in [4.69, 9.17) is 5.73 Å². The fraction of sp³-hybridized carbons (Fsp3) is 0.0625. The first-order valence-electron chi connectivity index (χ1n) is 6.19. The second-order valence-corrected chi connectivity index (χ2v) is 3.99. The molecule has 3 heteroatoms. The van der Waals surface area contributed by atoms with E-state index in [1.807, 2.05) is 36.4 Å². The van der Waals surface area contributed by atoms with Crippen LogP contribution in [0.1, 0.15) is 5.56 Å². The molecule has 0 unspecified atom stereocenters. The summed E-state index contributed by atoms with van der Waals surface area (Å²) in [4.78, 5) is 0. The number of H-pyrrole nitrogens is 1. The van der Waals surface area contributed by atoms with Gasteiger partial charge in [-0.1, -0.05) is 54.6 Å². The number of benzene rings is 2. The molecule has 0 fully saturated rings. The first kappa shape index (κ1) is 13.1. The van der Waals surface area contributed by atoms with Gasteiger partial charge in [-0.25, -0.2) is 0 Å². The van der Waals surface area contributed by atoms with Gasteiger partial charge in [0.25, 0.3) is 0 Å². The maximum Gasteiger partial charge on any atom is 0.0487 e. The van der Waals surface area contributed by atoms with Gasteiger partial charge < -0.3 is 5.73 Å². The molecule has 1 heterocycles. The monoisotopic (exact) mass is 251 g/mol. The highest BCUT2D eigenvalue weighted by atomic mass is 15.1. The van der Waals surface area contributed by atoms with Crippen LogP contribution in [0.25, 0.3) is 11.1 Å². The quantitative estimate of drug-likeness (QED) is 0.734. The van der Waals surface area contributed by atoms with Crippen molar-refractivity contribution in [2.24, 2.45) is 5.73 Å². The Labute approximate surface area is 113 Å². The van der Waals surface area contributed by atoms with Gasteiger partial charge in [-0.05, 0) is 22.8 Å². The molecular weight excluding hydrogens is 234 g/mol. The second kappa shape index (κ2) is 7.13. The summed E-state index contributed by atoms with van der Waals surface area (Å²) in [5.74, 6) is 0. The molecule has 19 heavy (non-hydrogen) atoms. The number of rotatable bonds is 2. The van der Waals surface area contributed by atoms with Crippen molar-refractivity contribution < 1.29 is 0 Å². The van der Waals surface area contributed by atoms with Crippen LogP contribution in [-0.4, -0.2) is 10.2 Å². The predicted octanol–water partition coefficient (Wildman–Crippen LogP) is 3.22. The fourth-order valence-corrected chi connectivity index (χ4v) is 1.81. The molecule has 2 aromatic carbocycles. The lowest BCUT2D eigenvalue weighted by Crippen LogP contribution is -1.98. The molecule has 0 aliphatic heterocycles. The zero-order chi connectivity index (χ0) is 13.3. The van der Waals surface area contributed by atoms with Crippen LogP contribution >= 0.6 is 0 Å². The maximum atomic E-state index is 5.69. The van der Waals surface area contributed by atoms with Crippen molar-refractivity contribution in [2.75, 3.05) is 0 Å². The highest BCUT2D eigenvalue weighted by Crippen LogP contribution is 2.22. The Bertz CT molecular complexity index is 557. The minimum atomic E-state index is 0.588. The van der Waals surface area contributed by atoms with E-state index in [1.54, 1.807) is 12.4 Å². The second-order valence-electron chi connectivity index (χ2n) is 3.99. The molecule has 0 spiro atoms. The summed E-state index contributed by atoms with van der Waals surface area (Å²) in [6, 6.07) is 20.4. The number of aromatic nitrogens is 2. The number of aromatic amines is 1. The standard InChI is InChI=1S/C13H13N.C3H4N2/c14-10-12-8-4-5-9-13(12)11-6-2-1-3-7-11;1-2-4-5-3-1/h1-9H,10,14H2;1-3H,(H,4,5). The van der Waals surface area contributed by atoms with E-state index in [9.17, 15) is 0 Å². The average molecular weight is 251 g/mol. The lowest BCUT2D eigenvalue weighted by atomic mass is 10.00. The zero-order valence-electron chi connectivity index (χ0n) is 10.7. The third-order valence-corrected chi connectivity index (χ3v) is 2.73. The molecule has 0 aliphatic rings. The number of nitrogens with two attached hydrogens (primary N) is 1. The number of hydrogen-bond donors (Lipinski definition) is 2. The molecule has 1 aromatic heterocycles. The first-order valence-corrected chi connectivity index (χ1v) is 6.19. The van der Waals surface area contributed by atoms with E-state index in [2.05, 4.69) is 34.5 Å². The Balaban J connectivity index is 0.000000224. The molecule has 3 N–H and O–H groups in total. The topological polar surface area (TPSA) is 54.7 Å². The molecular formula is C16H17N3. The van der Waals surface area contributed by atoms with Gasteiger partial charge >= 0.3 is 0 Å². The van der Waals surface area contributed by atoms with E-state index in [1.165, 1.54) is 16.7 Å². The van der Waals surface area contributed by atoms with E-state index in [0.29, 0.717) is 6.54 Å². The van der Waals surface area contributed by atoms with E-state index < -0.39 is 0 Å². The summed E-state index contributed by atoms with van der Waals surface area (Å²) in [6.45, 7) is 0.588. The van der Waals surface area contributed by atoms with E-state index in [0.717, 1.165) is 0 Å². The SMILES string of the molecule is NCc1ccccc1-c1ccccc1.c1cn[nH]c1. The van der Waals surface area contributed by atoms with Crippen molar-refractivity contribution in [1.29, 1.82) is 0 Å². The van der Waals surface area contributed by atoms with Crippen LogP contribution in [0, 0.1) is 0 Å². The third kappa shape index (κ3) is 3.79. The van der Waals surface area contributed by atoms with Gasteiger partial charge in [0.1, 0.15) is 0 Å². The molecule has 0 saturated carbocycles. The lowest BCUT2D eigenvalue weighted by molar-refractivity contribution is 1.07. The highest BCUT2D eigenvalue weighted by Gasteiger charge is 2.00. The number of nitrogens with zero attached hydrogens (tertiary/aromatic N) is 1. The lowest BCUT2D eigenvalue weighted by Gasteiger charge is -2.06. The Hall–Kier alpha value is -2.39. The van der Waals surface area contributed by atoms with Gasteiger partial charge in [-0.15, -0.1) is 0 Å². The van der Waals surface area contributed by atoms with Gasteiger partial charge in [0.2, 0.25) is 0 Å². The Morgan fingerprint density at radius 3 is 2.21 bits per heavy atom. The first-order chi connectivity index (χ1) is 9.42. The largest absolute Gasteiger partial charge is 0.326 e. The van der Waals surface area contributed by atoms with Crippen molar-refractivity contribution in [3.8, 4) is 11.1 Å². The summed E-state index contributed by atoms with van der Waals surface area (Å²) in [5, 5.41) is 6.21. The van der Waals surface area contributed by atoms with Gasteiger partial charge in [0, 0.05) is 18.9 Å². The van der Waals surface area contributed by atoms with E-state index >= 15 is 0 Å². The minimum Gasteiger partial charge on any atom is -0.326 e. The Morgan fingerprint density at radius 1 is 0.895 bits per heavy atom. The zero-order valence-corrected chi connectivity index (χ0v) is 10.7. The molecule has 3 aromatic rings. The van der Waals surface area contributed by atoms with Crippen LogP contribution in [0.4, 0.5) is 0 Å². The molecule has 3 nitrogen and oxygen atoms in total. The van der Waals surface area contributed by atoms with Gasteiger partial charge in [0.05, 0.1) is 0 Å². The van der Waals surface area contributed by atoms with Crippen LogP contribution < -0.4 is 5.73 Å². The molecule has 0 radical (unpaired) electrons. The highest BCUT2D eigenvalue weighted by molar-refractivity contribution is 5.67. The van der Waals surface area contributed by atoms with Crippen LogP contribution in [0.15, 0.2) is 73.1 Å². The number of hydrogen-bond acceptors (Lipinski definition) is 2. The van der Waals surface area contributed by atoms with Crippen LogP contribution in [-0.2, 0) is 6.54 Å². The molecule has 0 aliphatic carbocycles. The Kier molecular flexibility index (Phi) is 4.90. The van der Waals surface area contributed by atoms with Gasteiger partial charge in [-0.2, -0.15) is 5.10 Å². The van der Waals surface area contributed by atoms with Crippen molar-refractivity contribution in [3.63, 3.8) is 0 Å². The smallest absolute Gasteiger partial charge is 0.0487 e. The molecule has 0 bridgehead atoms. The molecule has 0 amide bonds. The van der Waals surface area contributed by atoms with Gasteiger partial charge in [0.15, 0.2) is 0 Å². The maximum absolute atomic E-state index is 5.69. The van der Waals surface area contributed by atoms with Crippen molar-refractivity contribution in [2.45, 2.75) is 6.54 Å². The molecule has 0 saturated heterocycles. The Morgan fingerprint density at radius 2 is 1.63 bits per heavy atom. The molecule has 0 atom stereocenters. The van der Waals surface area contributed by atoms with Crippen molar-refractivity contribution in [1.82, 2.24) is 10.2 Å². The van der Waals surface area contributed by atoms with Gasteiger partial charge in [-0.3, -0.25) is 5.10 Å². The van der Waals surface area contributed by atoms with Crippen molar-refractivity contribution in [3.05, 3.63) is 78.6 Å². The summed E-state index contributed by atoms with van der Waals surface area (Å²) in [5.41, 5.74) is 9.34. The fourth-order valence-electron chi connectivity index (χ4n) is 1.81. The summed E-state index contributed by atoms with van der Waals surface area (Å²) in [7, 11) is 0. The summed E-state index contributed by atoms with van der Waals surface area (Å²) in [6.07, 6.45) is 3.46. The summed E-state index contributed by atoms with van der Waals surface area (Å²) < 4.78 is 0. The predicted molar refractivity (Wildman–Crippen MR) is 78.4 cm³/mol. The van der Waals surface area contributed by atoms with Crippen LogP contribution in [0.5, 0.6) is 0 Å². The number of nitrogens with one attached hydrogen (secondary N) is 1. The normalized spacial score (nSPS) is 9.53. The average Bonchev–Trinajstić information content (AvgIpc) is 3.08. The van der Waals surface area contributed by atoms with Crippen LogP contribution in [0.3, 0.4) is 0 Å². The third-order valence-electron chi connectivity index (χ3n) is 2.73. The molecule has 3 rings (SSSR count). The van der Waals surface area contributed by atoms with E-state index in [-0.39, 0.29) is 0 Å². The summed E-state index contributed by atoms with van der Waals surface area (Å²) >= 11 is 0. The van der Waals surface area contributed by atoms with Crippen LogP contribution in [0.2, 0.25) is 0 Å².